The molecule has 1 aromatic heterocycles. The molecule has 1 saturated heterocycles. The molecule has 3 saturated carbocycles. The van der Waals surface area contributed by atoms with Crippen LogP contribution in [0.1, 0.15) is 70.1 Å². The van der Waals surface area contributed by atoms with E-state index in [2.05, 4.69) is 31.9 Å². The molecule has 32 heavy (non-hydrogen) atoms. The molecule has 0 bridgehead atoms. The predicted molar refractivity (Wildman–Crippen MR) is 130 cm³/mol. The van der Waals surface area contributed by atoms with Gasteiger partial charge in [0.05, 0.1) is 6.42 Å². The highest BCUT2D eigenvalue weighted by Crippen LogP contribution is 2.68. The Morgan fingerprint density at radius 1 is 1.19 bits per heavy atom. The lowest BCUT2D eigenvalue weighted by molar-refractivity contribution is -0.150. The van der Waals surface area contributed by atoms with E-state index < -0.39 is 0 Å². The van der Waals surface area contributed by atoms with Crippen molar-refractivity contribution in [1.82, 2.24) is 4.90 Å². The summed E-state index contributed by atoms with van der Waals surface area (Å²) in [7, 11) is 2.36. The standard InChI is InChI=1S/C28H39NO2S/c1-18-23-8-9-25-22-7-6-19-15-20(31-26(30)16-21-5-4-14-32-21)10-12-27(19,2)24(22)11-13-28(23,25)17-29(18)3/h4-6,14,18,20,22-25H,7-13,15-17H2,1-3H3/t18-,20-,22+,23+,24-,25-,27-,28-/m0/s1. The van der Waals surface area contributed by atoms with Gasteiger partial charge in [-0.15, -0.1) is 11.3 Å². The second kappa shape index (κ2) is 7.70. The number of rotatable bonds is 3. The third-order valence-corrected chi connectivity index (χ3v) is 11.7. The van der Waals surface area contributed by atoms with Crippen LogP contribution >= 0.6 is 11.3 Å². The smallest absolute Gasteiger partial charge is 0.311 e. The summed E-state index contributed by atoms with van der Waals surface area (Å²) < 4.78 is 5.96. The zero-order valence-corrected chi connectivity index (χ0v) is 20.8. The van der Waals surface area contributed by atoms with E-state index in [0.29, 0.717) is 17.3 Å². The van der Waals surface area contributed by atoms with Crippen molar-refractivity contribution in [2.24, 2.45) is 34.5 Å². The molecule has 0 N–H and O–H groups in total. The fraction of sp³-hybridized carbons (Fsp3) is 0.750. The van der Waals surface area contributed by atoms with Crippen molar-refractivity contribution < 1.29 is 9.53 Å². The number of allylic oxidation sites excluding steroid dienone is 1. The van der Waals surface area contributed by atoms with Gasteiger partial charge in [0.1, 0.15) is 6.10 Å². The number of carbonyl (C=O) groups is 1. The third kappa shape index (κ3) is 3.11. The van der Waals surface area contributed by atoms with Gasteiger partial charge < -0.3 is 9.64 Å². The minimum atomic E-state index is -0.0496. The molecule has 3 nitrogen and oxygen atoms in total. The normalized spacial score (nSPS) is 45.4. The van der Waals surface area contributed by atoms with E-state index in [1.807, 2.05) is 17.5 Å². The quantitative estimate of drug-likeness (QED) is 0.409. The lowest BCUT2D eigenvalue weighted by Crippen LogP contribution is -2.51. The molecule has 4 aliphatic carbocycles. The summed E-state index contributed by atoms with van der Waals surface area (Å²) in [6.07, 6.45) is 13.3. The van der Waals surface area contributed by atoms with E-state index in [0.717, 1.165) is 47.4 Å². The van der Waals surface area contributed by atoms with Gasteiger partial charge in [0.15, 0.2) is 0 Å². The maximum atomic E-state index is 12.5. The van der Waals surface area contributed by atoms with Crippen LogP contribution in [0.4, 0.5) is 0 Å². The number of hydrogen-bond acceptors (Lipinski definition) is 4. The van der Waals surface area contributed by atoms with Crippen molar-refractivity contribution in [2.45, 2.75) is 83.8 Å². The number of esters is 1. The van der Waals surface area contributed by atoms with Gasteiger partial charge >= 0.3 is 5.97 Å². The first-order valence-corrected chi connectivity index (χ1v) is 13.9. The lowest BCUT2D eigenvalue weighted by atomic mass is 9.47. The number of thiophene rings is 1. The molecule has 0 radical (unpaired) electrons. The number of likely N-dealkylation sites (tertiary alicyclic amines) is 1. The SMILES string of the molecule is C[C@H]1[C@H]2CC[C@H]3[C@@H]4CC=C5C[C@@H](OC(=O)Cc6cccs6)CC[C@]5(C)[C@H]4CC[C@]23CN1C. The maximum absolute atomic E-state index is 12.5. The average molecular weight is 454 g/mol. The van der Waals surface area contributed by atoms with Gasteiger partial charge in [-0.05, 0) is 105 Å². The molecule has 8 atom stereocenters. The summed E-state index contributed by atoms with van der Waals surface area (Å²) >= 11 is 1.64. The van der Waals surface area contributed by atoms with E-state index in [9.17, 15) is 4.79 Å². The van der Waals surface area contributed by atoms with E-state index in [4.69, 9.17) is 4.74 Å². The highest BCUT2D eigenvalue weighted by Gasteiger charge is 2.64. The van der Waals surface area contributed by atoms with Gasteiger partial charge in [-0.1, -0.05) is 24.6 Å². The maximum Gasteiger partial charge on any atom is 0.311 e. The molecule has 0 amide bonds. The van der Waals surface area contributed by atoms with Gasteiger partial charge in [0.2, 0.25) is 0 Å². The molecule has 1 aromatic rings. The Bertz CT molecular complexity index is 909. The van der Waals surface area contributed by atoms with E-state index in [1.165, 1.54) is 45.1 Å². The average Bonchev–Trinajstić information content (AvgIpc) is 3.45. The molecule has 0 unspecified atom stereocenters. The van der Waals surface area contributed by atoms with Crippen LogP contribution in [-0.4, -0.2) is 36.6 Å². The topological polar surface area (TPSA) is 29.5 Å². The second-order valence-corrected chi connectivity index (χ2v) is 13.0. The van der Waals surface area contributed by atoms with Gasteiger partial charge in [0.25, 0.3) is 0 Å². The summed E-state index contributed by atoms with van der Waals surface area (Å²) in [6.45, 7) is 6.38. The molecular formula is C28H39NO2S. The summed E-state index contributed by atoms with van der Waals surface area (Å²) in [5, 5.41) is 2.03. The van der Waals surface area contributed by atoms with Crippen LogP contribution in [0, 0.1) is 34.5 Å². The second-order valence-electron chi connectivity index (χ2n) is 12.0. The molecule has 4 heteroatoms. The van der Waals surface area contributed by atoms with E-state index >= 15 is 0 Å². The van der Waals surface area contributed by atoms with Crippen LogP contribution in [-0.2, 0) is 16.0 Å². The highest BCUT2D eigenvalue weighted by atomic mass is 32.1. The van der Waals surface area contributed by atoms with Crippen molar-refractivity contribution >= 4 is 17.3 Å². The Morgan fingerprint density at radius 3 is 2.84 bits per heavy atom. The molecule has 6 rings (SSSR count). The summed E-state index contributed by atoms with van der Waals surface area (Å²) in [4.78, 5) is 16.3. The van der Waals surface area contributed by atoms with Crippen LogP contribution in [0.2, 0.25) is 0 Å². The van der Waals surface area contributed by atoms with Crippen molar-refractivity contribution in [3.63, 3.8) is 0 Å². The fourth-order valence-electron chi connectivity index (χ4n) is 9.31. The van der Waals surface area contributed by atoms with Crippen molar-refractivity contribution in [2.75, 3.05) is 13.6 Å². The van der Waals surface area contributed by atoms with Crippen LogP contribution < -0.4 is 0 Å². The number of ether oxygens (including phenoxy) is 1. The lowest BCUT2D eigenvalue weighted by Gasteiger charge is -2.58. The van der Waals surface area contributed by atoms with Crippen LogP contribution in [0.3, 0.4) is 0 Å². The Balaban J connectivity index is 1.17. The third-order valence-electron chi connectivity index (χ3n) is 10.9. The highest BCUT2D eigenvalue weighted by molar-refractivity contribution is 7.10. The van der Waals surface area contributed by atoms with E-state index in [-0.39, 0.29) is 12.1 Å². The van der Waals surface area contributed by atoms with Crippen molar-refractivity contribution in [3.05, 3.63) is 34.0 Å². The molecule has 2 heterocycles. The Kier molecular flexibility index (Phi) is 5.15. The molecule has 5 aliphatic rings. The monoisotopic (exact) mass is 453 g/mol. The number of hydrogen-bond donors (Lipinski definition) is 0. The zero-order chi connectivity index (χ0) is 22.1. The predicted octanol–water partition coefficient (Wildman–Crippen LogP) is 6.10. The number of carbonyl (C=O) groups excluding carboxylic acids is 1. The summed E-state index contributed by atoms with van der Waals surface area (Å²) in [6, 6.07) is 4.80. The van der Waals surface area contributed by atoms with Gasteiger partial charge in [-0.2, -0.15) is 0 Å². The zero-order valence-electron chi connectivity index (χ0n) is 20.0. The minimum Gasteiger partial charge on any atom is -0.462 e. The first-order chi connectivity index (χ1) is 15.4. The Hall–Kier alpha value is -1.13. The molecule has 1 spiro atoms. The van der Waals surface area contributed by atoms with Gasteiger partial charge in [0, 0.05) is 23.9 Å². The fourth-order valence-corrected chi connectivity index (χ4v) is 10.0. The minimum absolute atomic E-state index is 0.0496. The molecule has 1 aliphatic heterocycles. The Labute approximate surface area is 197 Å². The Morgan fingerprint density at radius 2 is 2.03 bits per heavy atom. The summed E-state index contributed by atoms with van der Waals surface area (Å²) in [5.41, 5.74) is 2.54. The molecule has 0 aromatic carbocycles. The molecule has 4 fully saturated rings. The first-order valence-electron chi connectivity index (χ1n) is 13.0. The van der Waals surface area contributed by atoms with Crippen LogP contribution in [0.15, 0.2) is 29.2 Å². The van der Waals surface area contributed by atoms with Gasteiger partial charge in [-0.3, -0.25) is 4.79 Å². The number of fused-ring (bicyclic) bond motifs is 4. The first kappa shape index (κ1) is 21.4. The van der Waals surface area contributed by atoms with Crippen LogP contribution in [0.25, 0.3) is 0 Å². The molecule has 174 valence electrons. The van der Waals surface area contributed by atoms with Crippen LogP contribution in [0.5, 0.6) is 0 Å². The number of nitrogens with zero attached hydrogens (tertiary/aromatic N) is 1. The summed E-state index contributed by atoms with van der Waals surface area (Å²) in [5.74, 6) is 3.51. The van der Waals surface area contributed by atoms with Gasteiger partial charge in [-0.25, -0.2) is 0 Å². The van der Waals surface area contributed by atoms with Crippen molar-refractivity contribution in [3.8, 4) is 0 Å². The van der Waals surface area contributed by atoms with Crippen molar-refractivity contribution in [1.29, 1.82) is 0 Å². The van der Waals surface area contributed by atoms with E-state index in [1.54, 1.807) is 16.9 Å². The largest absolute Gasteiger partial charge is 0.462 e. The molecular weight excluding hydrogens is 414 g/mol.